The molecule has 56 valence electrons. The topological polar surface area (TPSA) is 20.2 Å². The Morgan fingerprint density at radius 2 is 2.00 bits per heavy atom. The monoisotopic (exact) mass is 146 g/mol. The summed E-state index contributed by atoms with van der Waals surface area (Å²) < 4.78 is 0. The molecule has 0 saturated heterocycles. The summed E-state index contributed by atoms with van der Waals surface area (Å²) in [5.41, 5.74) is 0.928. The first kappa shape index (κ1) is 9.76. The molecular formula is C10H10O. The van der Waals surface area contributed by atoms with E-state index in [1.54, 1.807) is 12.1 Å². The molecule has 1 aromatic rings. The number of phenols is 1. The summed E-state index contributed by atoms with van der Waals surface area (Å²) in [7, 11) is 0. The Balaban J connectivity index is 0.000001000. The predicted octanol–water partition coefficient (Wildman–Crippen LogP) is 2.20. The van der Waals surface area contributed by atoms with Crippen LogP contribution in [0.5, 0.6) is 5.75 Å². The number of rotatable bonds is 2. The molecule has 0 spiro atoms. The molecule has 1 rings (SSSR count). The van der Waals surface area contributed by atoms with Gasteiger partial charge in [-0.2, -0.15) is 0 Å². The zero-order valence-electron chi connectivity index (χ0n) is 6.25. The van der Waals surface area contributed by atoms with Gasteiger partial charge < -0.3 is 5.11 Å². The summed E-state index contributed by atoms with van der Waals surface area (Å²) >= 11 is 0. The second-order valence-corrected chi connectivity index (χ2v) is 2.12. The fourth-order valence-electron chi connectivity index (χ4n) is 0.839. The molecule has 11 heavy (non-hydrogen) atoms. The summed E-state index contributed by atoms with van der Waals surface area (Å²) in [4.78, 5) is 0. The van der Waals surface area contributed by atoms with E-state index in [-0.39, 0.29) is 7.43 Å². The van der Waals surface area contributed by atoms with Crippen LogP contribution in [0.2, 0.25) is 0 Å². The first-order chi connectivity index (χ1) is 4.84. The van der Waals surface area contributed by atoms with E-state index < -0.39 is 0 Å². The minimum Gasteiger partial charge on any atom is -0.508 e. The first-order valence-corrected chi connectivity index (χ1v) is 3.22. The highest BCUT2D eigenvalue weighted by Gasteiger charge is 1.93. The number of hydrogen-bond donors (Lipinski definition) is 1. The third kappa shape index (κ3) is 2.46. The van der Waals surface area contributed by atoms with Crippen LogP contribution in [0, 0.1) is 7.43 Å². The normalized spacial score (nSPS) is 8.36. The van der Waals surface area contributed by atoms with Crippen molar-refractivity contribution < 1.29 is 5.11 Å². The Morgan fingerprint density at radius 3 is 2.55 bits per heavy atom. The maximum atomic E-state index is 9.19. The lowest BCUT2D eigenvalue weighted by Gasteiger charge is -1.97. The number of para-hydroxylation sites is 1. The molecule has 0 unspecified atom stereocenters. The Hall–Kier alpha value is -1.24. The molecule has 0 heterocycles. The lowest BCUT2D eigenvalue weighted by molar-refractivity contribution is 0.470. The van der Waals surface area contributed by atoms with Gasteiger partial charge in [0.05, 0.1) is 0 Å². The predicted molar refractivity (Wildman–Crippen MR) is 45.3 cm³/mol. The molecule has 0 saturated carbocycles. The lowest BCUT2D eigenvalue weighted by Crippen LogP contribution is -1.79. The smallest absolute Gasteiger partial charge is 0.119 e. The number of benzene rings is 1. The van der Waals surface area contributed by atoms with Crippen molar-refractivity contribution in [2.24, 2.45) is 0 Å². The largest absolute Gasteiger partial charge is 0.508 e. The van der Waals surface area contributed by atoms with Gasteiger partial charge in [-0.15, -0.1) is 6.58 Å². The molecule has 1 heteroatoms. The molecule has 0 aliphatic heterocycles. The molecular weight excluding hydrogens is 136 g/mol. The van der Waals surface area contributed by atoms with E-state index in [9.17, 15) is 5.11 Å². The minimum atomic E-state index is 0. The van der Waals surface area contributed by atoms with Gasteiger partial charge in [0.25, 0.3) is 0 Å². The van der Waals surface area contributed by atoms with Crippen molar-refractivity contribution in [2.45, 2.75) is 6.42 Å². The van der Waals surface area contributed by atoms with Gasteiger partial charge >= 0.3 is 0 Å². The molecule has 1 nitrogen and oxygen atoms in total. The van der Waals surface area contributed by atoms with Crippen LogP contribution in [0.25, 0.3) is 0 Å². The molecule has 1 aromatic carbocycles. The number of allylic oxidation sites excluding steroid dienone is 1. The van der Waals surface area contributed by atoms with E-state index >= 15 is 0 Å². The van der Waals surface area contributed by atoms with Crippen molar-refractivity contribution >= 4 is 0 Å². The van der Waals surface area contributed by atoms with Crippen molar-refractivity contribution in [3.63, 3.8) is 0 Å². The number of phenolic OH excluding ortho intramolecular Hbond substituents is 1. The molecule has 0 aliphatic carbocycles. The quantitative estimate of drug-likeness (QED) is 0.634. The third-order valence-corrected chi connectivity index (χ3v) is 1.36. The van der Waals surface area contributed by atoms with E-state index in [0.717, 1.165) is 12.0 Å². The van der Waals surface area contributed by atoms with Crippen LogP contribution in [0.3, 0.4) is 0 Å². The molecule has 0 amide bonds. The van der Waals surface area contributed by atoms with Crippen LogP contribution in [0.4, 0.5) is 0 Å². The van der Waals surface area contributed by atoms with Crippen LogP contribution < -0.4 is 0 Å². The maximum Gasteiger partial charge on any atom is 0.119 e. The zero-order valence-corrected chi connectivity index (χ0v) is 6.25. The van der Waals surface area contributed by atoms with Crippen LogP contribution in [0.15, 0.2) is 36.9 Å². The van der Waals surface area contributed by atoms with Crippen molar-refractivity contribution in [1.82, 2.24) is 0 Å². The van der Waals surface area contributed by atoms with Crippen LogP contribution in [0.1, 0.15) is 5.56 Å². The Kier molecular flexibility index (Phi) is 4.04. The highest BCUT2D eigenvalue weighted by atomic mass is 16.3. The standard InChI is InChI=1S/C9H10O.C/c1-2-5-8-6-3-4-7-9(8)10;/h2-4,6-7,10H,1,5H2;. The second-order valence-electron chi connectivity index (χ2n) is 2.12. The van der Waals surface area contributed by atoms with Crippen molar-refractivity contribution in [2.75, 3.05) is 0 Å². The van der Waals surface area contributed by atoms with Crippen molar-refractivity contribution in [1.29, 1.82) is 0 Å². The van der Waals surface area contributed by atoms with Gasteiger partial charge in [-0.1, -0.05) is 24.3 Å². The van der Waals surface area contributed by atoms with Crippen LogP contribution >= 0.6 is 0 Å². The molecule has 0 bridgehead atoms. The molecule has 1 N–H and O–H groups in total. The van der Waals surface area contributed by atoms with Gasteiger partial charge in [0.15, 0.2) is 0 Å². The van der Waals surface area contributed by atoms with E-state index in [1.807, 2.05) is 18.2 Å². The lowest BCUT2D eigenvalue weighted by atomic mass is 10.1. The molecule has 0 fully saturated rings. The molecule has 0 aromatic heterocycles. The highest BCUT2D eigenvalue weighted by Crippen LogP contribution is 2.15. The van der Waals surface area contributed by atoms with Gasteiger partial charge in [-0.25, -0.2) is 0 Å². The minimum absolute atomic E-state index is 0. The van der Waals surface area contributed by atoms with Crippen molar-refractivity contribution in [3.05, 3.63) is 49.9 Å². The fourth-order valence-corrected chi connectivity index (χ4v) is 0.839. The van der Waals surface area contributed by atoms with Crippen LogP contribution in [-0.4, -0.2) is 5.11 Å². The Bertz CT molecular complexity index is 228. The summed E-state index contributed by atoms with van der Waals surface area (Å²) in [5, 5.41) is 9.19. The van der Waals surface area contributed by atoms with Gasteiger partial charge in [-0.05, 0) is 18.1 Å². The SMILES string of the molecule is C=CCc1ccccc1O.[C]. The van der Waals surface area contributed by atoms with Crippen LogP contribution in [-0.2, 0) is 6.42 Å². The summed E-state index contributed by atoms with van der Waals surface area (Å²) in [6.07, 6.45) is 2.50. The molecule has 0 atom stereocenters. The number of aromatic hydroxyl groups is 1. The third-order valence-electron chi connectivity index (χ3n) is 1.36. The second kappa shape index (κ2) is 4.56. The summed E-state index contributed by atoms with van der Waals surface area (Å²) in [6.45, 7) is 3.59. The Labute approximate surface area is 68.0 Å². The van der Waals surface area contributed by atoms with Gasteiger partial charge in [-0.3, -0.25) is 0 Å². The average molecular weight is 146 g/mol. The van der Waals surface area contributed by atoms with E-state index in [4.69, 9.17) is 0 Å². The maximum absolute atomic E-state index is 9.19. The average Bonchev–Trinajstić information content (AvgIpc) is 1.94. The summed E-state index contributed by atoms with van der Waals surface area (Å²) in [6, 6.07) is 7.27. The first-order valence-electron chi connectivity index (χ1n) is 3.22. The molecule has 0 aliphatic rings. The van der Waals surface area contributed by atoms with Crippen molar-refractivity contribution in [3.8, 4) is 5.75 Å². The van der Waals surface area contributed by atoms with Gasteiger partial charge in [0, 0.05) is 7.43 Å². The van der Waals surface area contributed by atoms with E-state index in [1.165, 1.54) is 0 Å². The van der Waals surface area contributed by atoms with E-state index in [2.05, 4.69) is 6.58 Å². The fraction of sp³-hybridized carbons (Fsp3) is 0.100. The Morgan fingerprint density at radius 1 is 1.36 bits per heavy atom. The van der Waals surface area contributed by atoms with Gasteiger partial charge in [0.2, 0.25) is 0 Å². The summed E-state index contributed by atoms with van der Waals surface area (Å²) in [5.74, 6) is 0.349. The van der Waals surface area contributed by atoms with E-state index in [0.29, 0.717) is 5.75 Å². The van der Waals surface area contributed by atoms with Gasteiger partial charge in [0.1, 0.15) is 5.75 Å². The number of hydrogen-bond acceptors (Lipinski definition) is 1. The zero-order chi connectivity index (χ0) is 7.40. The molecule has 4 radical (unpaired) electrons. The highest BCUT2D eigenvalue weighted by molar-refractivity contribution is 5.32.